The highest BCUT2D eigenvalue weighted by atomic mass is 35.5. The van der Waals surface area contributed by atoms with E-state index in [-0.39, 0.29) is 23.0 Å². The van der Waals surface area contributed by atoms with Gasteiger partial charge in [0.25, 0.3) is 5.91 Å². The number of ether oxygens (including phenoxy) is 1. The Hall–Kier alpha value is -3.36. The molecule has 2 aliphatic heterocycles. The van der Waals surface area contributed by atoms with E-state index in [1.54, 1.807) is 24.5 Å². The fourth-order valence-corrected chi connectivity index (χ4v) is 5.92. The van der Waals surface area contributed by atoms with Gasteiger partial charge >= 0.3 is 0 Å². The minimum absolute atomic E-state index is 0.0101. The predicted molar refractivity (Wildman–Crippen MR) is 175 cm³/mol. The average Bonchev–Trinajstić information content (AvgIpc) is 2.99. The van der Waals surface area contributed by atoms with Crippen LogP contribution in [-0.2, 0) is 14.3 Å². The highest BCUT2D eigenvalue weighted by molar-refractivity contribution is 6.31. The molecule has 3 aliphatic rings. The summed E-state index contributed by atoms with van der Waals surface area (Å²) in [6.45, 7) is 11.1. The Morgan fingerprint density at radius 3 is 2.52 bits per heavy atom. The van der Waals surface area contributed by atoms with Crippen LogP contribution in [0.4, 0.5) is 0 Å². The Morgan fingerprint density at radius 2 is 1.80 bits per heavy atom. The first kappa shape index (κ1) is 33.5. The summed E-state index contributed by atoms with van der Waals surface area (Å²) >= 11 is 6.32. The lowest BCUT2D eigenvalue weighted by Crippen LogP contribution is -2.38. The molecule has 238 valence electrons. The highest BCUT2D eigenvalue weighted by Gasteiger charge is 2.25. The number of benzene rings is 1. The van der Waals surface area contributed by atoms with Gasteiger partial charge in [-0.15, -0.1) is 0 Å². The van der Waals surface area contributed by atoms with Crippen molar-refractivity contribution >= 4 is 29.2 Å². The topological polar surface area (TPSA) is 91.0 Å². The van der Waals surface area contributed by atoms with Crippen molar-refractivity contribution in [2.45, 2.75) is 71.6 Å². The normalized spacial score (nSPS) is 17.6. The molecule has 0 radical (unpaired) electrons. The molecule has 1 saturated heterocycles. The van der Waals surface area contributed by atoms with Gasteiger partial charge in [-0.3, -0.25) is 14.4 Å². The largest absolute Gasteiger partial charge is 0.462 e. The maximum Gasteiger partial charge on any atom is 0.251 e. The lowest BCUT2D eigenvalue weighted by molar-refractivity contribution is -0.122. The molecule has 2 amide bonds. The van der Waals surface area contributed by atoms with Gasteiger partial charge in [0.2, 0.25) is 5.91 Å². The molecular weight excluding hydrogens is 576 g/mol. The van der Waals surface area contributed by atoms with E-state index in [4.69, 9.17) is 16.3 Å². The zero-order valence-corrected chi connectivity index (χ0v) is 27.1. The molecule has 0 saturated carbocycles. The number of allylic oxidation sites excluding steroid dienone is 4. The molecule has 0 aromatic heterocycles. The molecule has 4 rings (SSSR count). The van der Waals surface area contributed by atoms with Gasteiger partial charge in [-0.25, -0.2) is 0 Å². The summed E-state index contributed by atoms with van der Waals surface area (Å²) in [4.78, 5) is 41.5. The van der Waals surface area contributed by atoms with E-state index in [2.05, 4.69) is 41.2 Å². The summed E-state index contributed by atoms with van der Waals surface area (Å²) in [5.74, 6) is 1.13. The van der Waals surface area contributed by atoms with Gasteiger partial charge in [0.15, 0.2) is 5.78 Å². The summed E-state index contributed by atoms with van der Waals surface area (Å²) in [6.07, 6.45) is 16.4. The van der Waals surface area contributed by atoms with Crippen LogP contribution in [0.1, 0.15) is 87.6 Å². The molecule has 2 heterocycles. The summed E-state index contributed by atoms with van der Waals surface area (Å²) < 4.78 is 5.67. The molecule has 0 bridgehead atoms. The molecule has 0 spiro atoms. The zero-order chi connectivity index (χ0) is 31.5. The third-order valence-corrected chi connectivity index (χ3v) is 8.34. The Labute approximate surface area is 267 Å². The van der Waals surface area contributed by atoms with Crippen molar-refractivity contribution in [1.82, 2.24) is 20.4 Å². The van der Waals surface area contributed by atoms with Gasteiger partial charge in [0.05, 0.1) is 0 Å². The highest BCUT2D eigenvalue weighted by Crippen LogP contribution is 2.32. The standard InChI is InChI=1S/C35H47ClN4O4/c1-35(2,3)24-33(42)37-14-5-4-6-15-38-34(43)31-23-28(36)10-11-30(31)26-12-16-39(17-13-26)18-19-40-20-21-44-32(25-40)27-8-7-9-29(41)22-27/h7-11,20-21,23,25-26H,4-6,12-19,22,24H2,1-3H3,(H,37,42)(H,38,43). The summed E-state index contributed by atoms with van der Waals surface area (Å²) in [5.41, 5.74) is 2.63. The van der Waals surface area contributed by atoms with E-state index in [0.29, 0.717) is 42.4 Å². The third kappa shape index (κ3) is 10.7. The Bertz CT molecular complexity index is 1300. The molecule has 8 nitrogen and oxygen atoms in total. The Balaban J connectivity index is 1.19. The van der Waals surface area contributed by atoms with Crippen molar-refractivity contribution in [3.05, 3.63) is 82.6 Å². The number of hydrogen-bond donors (Lipinski definition) is 2. The molecule has 44 heavy (non-hydrogen) atoms. The number of carbonyl (C=O) groups excluding carboxylic acids is 3. The number of carbonyl (C=O) groups is 3. The van der Waals surface area contributed by atoms with Crippen LogP contribution < -0.4 is 10.6 Å². The number of hydrogen-bond acceptors (Lipinski definition) is 6. The molecule has 0 unspecified atom stereocenters. The molecular formula is C35H47ClN4O4. The van der Waals surface area contributed by atoms with Crippen LogP contribution in [-0.4, -0.2) is 66.7 Å². The second-order valence-corrected chi connectivity index (χ2v) is 13.5. The van der Waals surface area contributed by atoms with Crippen LogP contribution in [0.3, 0.4) is 0 Å². The maximum atomic E-state index is 13.2. The maximum absolute atomic E-state index is 13.2. The first-order valence-electron chi connectivity index (χ1n) is 15.9. The van der Waals surface area contributed by atoms with Crippen LogP contribution >= 0.6 is 11.6 Å². The van der Waals surface area contributed by atoms with Crippen molar-refractivity contribution in [2.24, 2.45) is 5.41 Å². The summed E-state index contributed by atoms with van der Waals surface area (Å²) in [6, 6.07) is 5.69. The summed E-state index contributed by atoms with van der Waals surface area (Å²) in [7, 11) is 0. The van der Waals surface area contributed by atoms with Crippen molar-refractivity contribution in [1.29, 1.82) is 0 Å². The van der Waals surface area contributed by atoms with E-state index < -0.39 is 0 Å². The fourth-order valence-electron chi connectivity index (χ4n) is 5.75. The molecule has 2 N–H and O–H groups in total. The van der Waals surface area contributed by atoms with Gasteiger partial charge in [-0.05, 0) is 80.3 Å². The number of nitrogens with one attached hydrogen (secondary N) is 2. The second kappa shape index (κ2) is 16.1. The van der Waals surface area contributed by atoms with Gasteiger partial charge in [0, 0.05) is 67.6 Å². The van der Waals surface area contributed by atoms with Gasteiger partial charge in [0.1, 0.15) is 12.0 Å². The van der Waals surface area contributed by atoms with Crippen LogP contribution in [0.2, 0.25) is 5.02 Å². The van der Waals surface area contributed by atoms with E-state index in [0.717, 1.165) is 75.2 Å². The van der Waals surface area contributed by atoms with Crippen LogP contribution in [0.15, 0.2) is 66.4 Å². The number of nitrogens with zero attached hydrogens (tertiary/aromatic N) is 2. The minimum Gasteiger partial charge on any atom is -0.462 e. The van der Waals surface area contributed by atoms with Gasteiger partial charge in [-0.2, -0.15) is 0 Å². The minimum atomic E-state index is -0.0737. The van der Waals surface area contributed by atoms with E-state index in [9.17, 15) is 14.4 Å². The number of rotatable bonds is 13. The number of likely N-dealkylation sites (tertiary alicyclic amines) is 1. The molecule has 1 fully saturated rings. The number of unbranched alkanes of at least 4 members (excludes halogenated alkanes) is 2. The Morgan fingerprint density at radius 1 is 1.05 bits per heavy atom. The Kier molecular flexibility index (Phi) is 12.3. The van der Waals surface area contributed by atoms with Gasteiger partial charge in [-0.1, -0.05) is 50.6 Å². The van der Waals surface area contributed by atoms with Crippen LogP contribution in [0.5, 0.6) is 0 Å². The molecule has 9 heteroatoms. The number of amides is 2. The molecule has 0 atom stereocenters. The number of ketones is 1. The number of halogens is 1. The lowest BCUT2D eigenvalue weighted by Gasteiger charge is -2.34. The first-order chi connectivity index (χ1) is 21.1. The first-order valence-corrected chi connectivity index (χ1v) is 16.2. The lowest BCUT2D eigenvalue weighted by atomic mass is 9.86. The van der Waals surface area contributed by atoms with Crippen molar-refractivity contribution < 1.29 is 19.1 Å². The second-order valence-electron chi connectivity index (χ2n) is 13.1. The van der Waals surface area contributed by atoms with Crippen LogP contribution in [0, 0.1) is 5.41 Å². The fraction of sp³-hybridized carbons (Fsp3) is 0.514. The smallest absolute Gasteiger partial charge is 0.251 e. The number of piperidine rings is 1. The molecule has 1 aliphatic carbocycles. The average molecular weight is 623 g/mol. The van der Waals surface area contributed by atoms with Crippen molar-refractivity contribution in [3.63, 3.8) is 0 Å². The van der Waals surface area contributed by atoms with Gasteiger partial charge < -0.3 is 25.2 Å². The third-order valence-electron chi connectivity index (χ3n) is 8.11. The molecule has 1 aromatic rings. The van der Waals surface area contributed by atoms with Crippen molar-refractivity contribution in [2.75, 3.05) is 39.3 Å². The summed E-state index contributed by atoms with van der Waals surface area (Å²) in [5, 5.41) is 6.64. The van der Waals surface area contributed by atoms with E-state index >= 15 is 0 Å². The zero-order valence-electron chi connectivity index (χ0n) is 26.4. The molecule has 1 aromatic carbocycles. The van der Waals surface area contributed by atoms with E-state index in [1.165, 1.54) is 0 Å². The van der Waals surface area contributed by atoms with E-state index in [1.807, 2.05) is 30.6 Å². The van der Waals surface area contributed by atoms with Crippen LogP contribution in [0.25, 0.3) is 0 Å². The SMILES string of the molecule is CC(C)(C)CC(=O)NCCCCCNC(=O)c1cc(Cl)ccc1C1CCN(CCN2C=COC(C3=CC=CC(=O)C3)=C2)CC1. The monoisotopic (exact) mass is 622 g/mol. The predicted octanol–water partition coefficient (Wildman–Crippen LogP) is 6.07. The quantitative estimate of drug-likeness (QED) is 0.260. The van der Waals surface area contributed by atoms with Crippen molar-refractivity contribution in [3.8, 4) is 0 Å².